The quantitative estimate of drug-likeness (QED) is 0.787. The van der Waals surface area contributed by atoms with Crippen LogP contribution in [0.5, 0.6) is 0 Å². The van der Waals surface area contributed by atoms with Crippen molar-refractivity contribution in [1.82, 2.24) is 10.2 Å². The summed E-state index contributed by atoms with van der Waals surface area (Å²) in [6.45, 7) is 6.52. The molecule has 1 aromatic heterocycles. The average molecular weight is 251 g/mol. The standard InChI is InChI=1S/C13H21N3O2/c1-9(2)5-6-10(3)14-12-8-7-11(15-16-12)13(17)18-4/h7-10H,5-6H2,1-4H3,(H,14,16). The second-order valence-electron chi connectivity index (χ2n) is 4.81. The fourth-order valence-corrected chi connectivity index (χ4v) is 1.53. The number of nitrogens with zero attached hydrogens (tertiary/aromatic N) is 2. The molecule has 0 saturated carbocycles. The lowest BCUT2D eigenvalue weighted by atomic mass is 10.0. The highest BCUT2D eigenvalue weighted by atomic mass is 16.5. The van der Waals surface area contributed by atoms with Crippen molar-refractivity contribution in [2.75, 3.05) is 12.4 Å². The van der Waals surface area contributed by atoms with Crippen LogP contribution in [-0.2, 0) is 4.74 Å². The van der Waals surface area contributed by atoms with Gasteiger partial charge in [-0.15, -0.1) is 10.2 Å². The Labute approximate surface area is 108 Å². The Balaban J connectivity index is 2.50. The molecular formula is C13H21N3O2. The Hall–Kier alpha value is -1.65. The van der Waals surface area contributed by atoms with Gasteiger partial charge in [-0.1, -0.05) is 13.8 Å². The number of ether oxygens (including phenoxy) is 1. The summed E-state index contributed by atoms with van der Waals surface area (Å²) in [6.07, 6.45) is 2.25. The van der Waals surface area contributed by atoms with Crippen molar-refractivity contribution in [3.8, 4) is 0 Å². The second-order valence-corrected chi connectivity index (χ2v) is 4.81. The molecule has 5 heteroatoms. The number of rotatable bonds is 6. The van der Waals surface area contributed by atoms with Crippen LogP contribution in [0.2, 0.25) is 0 Å². The first-order valence-corrected chi connectivity index (χ1v) is 6.21. The molecular weight excluding hydrogens is 230 g/mol. The van der Waals surface area contributed by atoms with Crippen molar-refractivity contribution < 1.29 is 9.53 Å². The fraction of sp³-hybridized carbons (Fsp3) is 0.615. The van der Waals surface area contributed by atoms with Gasteiger partial charge in [-0.25, -0.2) is 4.79 Å². The smallest absolute Gasteiger partial charge is 0.358 e. The van der Waals surface area contributed by atoms with Gasteiger partial charge < -0.3 is 10.1 Å². The summed E-state index contributed by atoms with van der Waals surface area (Å²) in [5, 5.41) is 11.0. The average Bonchev–Trinajstić information content (AvgIpc) is 2.36. The van der Waals surface area contributed by atoms with Crippen molar-refractivity contribution in [3.05, 3.63) is 17.8 Å². The maximum absolute atomic E-state index is 11.2. The Kier molecular flexibility index (Phi) is 5.55. The van der Waals surface area contributed by atoms with Crippen molar-refractivity contribution in [3.63, 3.8) is 0 Å². The lowest BCUT2D eigenvalue weighted by Gasteiger charge is -2.15. The van der Waals surface area contributed by atoms with Gasteiger partial charge in [0.15, 0.2) is 5.69 Å². The topological polar surface area (TPSA) is 64.1 Å². The highest BCUT2D eigenvalue weighted by Gasteiger charge is 2.09. The molecule has 0 spiro atoms. The Morgan fingerprint density at radius 3 is 2.50 bits per heavy atom. The molecule has 1 unspecified atom stereocenters. The number of methoxy groups -OCH3 is 1. The van der Waals surface area contributed by atoms with Crippen LogP contribution in [0.1, 0.15) is 44.1 Å². The largest absolute Gasteiger partial charge is 0.464 e. The summed E-state index contributed by atoms with van der Waals surface area (Å²) in [6, 6.07) is 3.69. The summed E-state index contributed by atoms with van der Waals surface area (Å²) in [7, 11) is 1.32. The minimum absolute atomic E-state index is 0.220. The maximum atomic E-state index is 11.2. The number of carbonyl (C=O) groups is 1. The Morgan fingerprint density at radius 2 is 2.00 bits per heavy atom. The molecule has 1 heterocycles. The molecule has 0 aliphatic heterocycles. The first-order valence-electron chi connectivity index (χ1n) is 6.21. The van der Waals surface area contributed by atoms with Crippen LogP contribution >= 0.6 is 0 Å². The normalized spacial score (nSPS) is 12.3. The number of esters is 1. The van der Waals surface area contributed by atoms with Crippen LogP contribution in [0.4, 0.5) is 5.82 Å². The van der Waals surface area contributed by atoms with Crippen LogP contribution < -0.4 is 5.32 Å². The second kappa shape index (κ2) is 6.93. The monoisotopic (exact) mass is 251 g/mol. The first-order chi connectivity index (χ1) is 8.52. The minimum Gasteiger partial charge on any atom is -0.464 e. The van der Waals surface area contributed by atoms with Crippen LogP contribution in [-0.4, -0.2) is 29.3 Å². The van der Waals surface area contributed by atoms with Gasteiger partial charge >= 0.3 is 5.97 Å². The van der Waals surface area contributed by atoms with E-state index >= 15 is 0 Å². The molecule has 1 N–H and O–H groups in total. The van der Waals surface area contributed by atoms with Crippen molar-refractivity contribution >= 4 is 11.8 Å². The van der Waals surface area contributed by atoms with Gasteiger partial charge in [0.2, 0.25) is 0 Å². The number of carbonyl (C=O) groups excluding carboxylic acids is 1. The first kappa shape index (κ1) is 14.4. The molecule has 0 aliphatic rings. The van der Waals surface area contributed by atoms with E-state index < -0.39 is 5.97 Å². The summed E-state index contributed by atoms with van der Waals surface area (Å²) in [5.41, 5.74) is 0.220. The molecule has 0 amide bonds. The lowest BCUT2D eigenvalue weighted by molar-refractivity contribution is 0.0593. The summed E-state index contributed by atoms with van der Waals surface area (Å²) in [5.74, 6) is 0.905. The van der Waals surface area contributed by atoms with Crippen LogP contribution in [0.15, 0.2) is 12.1 Å². The SMILES string of the molecule is COC(=O)c1ccc(NC(C)CCC(C)C)nn1. The molecule has 0 radical (unpaired) electrons. The maximum Gasteiger partial charge on any atom is 0.358 e. The van der Waals surface area contributed by atoms with E-state index in [0.717, 1.165) is 6.42 Å². The predicted molar refractivity (Wildman–Crippen MR) is 70.5 cm³/mol. The van der Waals surface area contributed by atoms with Gasteiger partial charge in [0.05, 0.1) is 7.11 Å². The fourth-order valence-electron chi connectivity index (χ4n) is 1.53. The number of hydrogen-bond acceptors (Lipinski definition) is 5. The molecule has 1 aromatic rings. The zero-order valence-corrected chi connectivity index (χ0v) is 11.4. The van der Waals surface area contributed by atoms with Crippen molar-refractivity contribution in [2.24, 2.45) is 5.92 Å². The van der Waals surface area contributed by atoms with Crippen LogP contribution in [0, 0.1) is 5.92 Å². The number of aromatic nitrogens is 2. The summed E-state index contributed by atoms with van der Waals surface area (Å²) in [4.78, 5) is 11.2. The van der Waals surface area contributed by atoms with Gasteiger partial charge in [0.1, 0.15) is 5.82 Å². The van der Waals surface area contributed by atoms with E-state index in [9.17, 15) is 4.79 Å². The van der Waals surface area contributed by atoms with E-state index in [-0.39, 0.29) is 5.69 Å². The third-order valence-electron chi connectivity index (χ3n) is 2.63. The molecule has 0 aromatic carbocycles. The van der Waals surface area contributed by atoms with E-state index in [2.05, 4.69) is 41.0 Å². The number of anilines is 1. The molecule has 1 atom stereocenters. The molecule has 5 nitrogen and oxygen atoms in total. The molecule has 0 bridgehead atoms. The zero-order chi connectivity index (χ0) is 13.5. The predicted octanol–water partition coefficient (Wildman–Crippen LogP) is 2.50. The van der Waals surface area contributed by atoms with E-state index in [1.165, 1.54) is 13.5 Å². The van der Waals surface area contributed by atoms with Gasteiger partial charge in [-0.2, -0.15) is 0 Å². The van der Waals surface area contributed by atoms with Gasteiger partial charge in [-0.3, -0.25) is 0 Å². The molecule has 0 aliphatic carbocycles. The van der Waals surface area contributed by atoms with E-state index in [0.29, 0.717) is 17.8 Å². The highest BCUT2D eigenvalue weighted by Crippen LogP contribution is 2.11. The molecule has 1 rings (SSSR count). The molecule has 100 valence electrons. The van der Waals surface area contributed by atoms with Crippen molar-refractivity contribution in [1.29, 1.82) is 0 Å². The minimum atomic E-state index is -0.470. The van der Waals surface area contributed by atoms with Gasteiger partial charge in [-0.05, 0) is 37.8 Å². The van der Waals surface area contributed by atoms with Crippen LogP contribution in [0.25, 0.3) is 0 Å². The van der Waals surface area contributed by atoms with E-state index in [1.807, 2.05) is 0 Å². The lowest BCUT2D eigenvalue weighted by Crippen LogP contribution is -2.17. The van der Waals surface area contributed by atoms with Crippen molar-refractivity contribution in [2.45, 2.75) is 39.7 Å². The van der Waals surface area contributed by atoms with E-state index in [4.69, 9.17) is 0 Å². The summed E-state index contributed by atoms with van der Waals surface area (Å²) >= 11 is 0. The van der Waals surface area contributed by atoms with Crippen LogP contribution in [0.3, 0.4) is 0 Å². The number of nitrogens with one attached hydrogen (secondary N) is 1. The zero-order valence-electron chi connectivity index (χ0n) is 11.4. The summed E-state index contributed by atoms with van der Waals surface area (Å²) < 4.78 is 4.56. The van der Waals surface area contributed by atoms with Gasteiger partial charge in [0, 0.05) is 6.04 Å². The van der Waals surface area contributed by atoms with Gasteiger partial charge in [0.25, 0.3) is 0 Å². The molecule has 18 heavy (non-hydrogen) atoms. The molecule has 0 fully saturated rings. The van der Waals surface area contributed by atoms with E-state index in [1.54, 1.807) is 12.1 Å². The molecule has 0 saturated heterocycles. The third-order valence-corrected chi connectivity index (χ3v) is 2.63. The Morgan fingerprint density at radius 1 is 1.28 bits per heavy atom. The Bertz CT molecular complexity index is 376. The third kappa shape index (κ3) is 4.69. The number of hydrogen-bond donors (Lipinski definition) is 1. The highest BCUT2D eigenvalue weighted by molar-refractivity contribution is 5.86.